The number of methoxy groups -OCH3 is 1. The van der Waals surface area contributed by atoms with Crippen molar-refractivity contribution in [3.05, 3.63) is 35.9 Å². The second kappa shape index (κ2) is 5.51. The molecule has 0 saturated heterocycles. The molecule has 0 radical (unpaired) electrons. The van der Waals surface area contributed by atoms with E-state index < -0.39 is 0 Å². The van der Waals surface area contributed by atoms with Crippen molar-refractivity contribution < 1.29 is 9.53 Å². The fourth-order valence-electron chi connectivity index (χ4n) is 1.51. The maximum Gasteiger partial charge on any atom is 0.307 e. The molecule has 3 heteroatoms. The third kappa shape index (κ3) is 3.36. The SMILES string of the molecule is COC(=O)C[C@H](c1ccccc1)N(C)C. The summed E-state index contributed by atoms with van der Waals surface area (Å²) < 4.78 is 4.69. The van der Waals surface area contributed by atoms with Gasteiger partial charge in [-0.25, -0.2) is 0 Å². The normalized spacial score (nSPS) is 12.5. The molecule has 82 valence electrons. The van der Waals surface area contributed by atoms with Crippen molar-refractivity contribution in [1.29, 1.82) is 0 Å². The number of hydrogen-bond donors (Lipinski definition) is 0. The van der Waals surface area contributed by atoms with Gasteiger partial charge in [0, 0.05) is 6.04 Å². The monoisotopic (exact) mass is 207 g/mol. The van der Waals surface area contributed by atoms with Crippen molar-refractivity contribution in [3.8, 4) is 0 Å². The molecule has 15 heavy (non-hydrogen) atoms. The second-order valence-corrected chi connectivity index (χ2v) is 3.67. The van der Waals surface area contributed by atoms with Crippen LogP contribution in [0.5, 0.6) is 0 Å². The Balaban J connectivity index is 2.79. The standard InChI is InChI=1S/C12H17NO2/c1-13(2)11(9-12(14)15-3)10-7-5-4-6-8-10/h4-8,11H,9H2,1-3H3/t11-/m1/s1. The van der Waals surface area contributed by atoms with Crippen molar-refractivity contribution in [2.45, 2.75) is 12.5 Å². The lowest BCUT2D eigenvalue weighted by Gasteiger charge is -2.23. The van der Waals surface area contributed by atoms with Gasteiger partial charge in [0.05, 0.1) is 13.5 Å². The molecular formula is C12H17NO2. The molecule has 0 spiro atoms. The van der Waals surface area contributed by atoms with E-state index in [2.05, 4.69) is 4.74 Å². The predicted molar refractivity (Wildman–Crippen MR) is 59.5 cm³/mol. The van der Waals surface area contributed by atoms with Crippen LogP contribution in [0.25, 0.3) is 0 Å². The number of esters is 1. The molecule has 0 bridgehead atoms. The summed E-state index contributed by atoms with van der Waals surface area (Å²) in [5.74, 6) is -0.183. The van der Waals surface area contributed by atoms with Gasteiger partial charge in [0.15, 0.2) is 0 Å². The van der Waals surface area contributed by atoms with Crippen molar-refractivity contribution >= 4 is 5.97 Å². The molecule has 1 rings (SSSR count). The topological polar surface area (TPSA) is 29.5 Å². The van der Waals surface area contributed by atoms with Crippen LogP contribution in [0.4, 0.5) is 0 Å². The summed E-state index contributed by atoms with van der Waals surface area (Å²) in [7, 11) is 5.33. The molecule has 1 atom stereocenters. The molecule has 1 aromatic carbocycles. The number of rotatable bonds is 4. The molecule has 0 aliphatic heterocycles. The van der Waals surface area contributed by atoms with Crippen molar-refractivity contribution in [2.75, 3.05) is 21.2 Å². The first-order valence-electron chi connectivity index (χ1n) is 4.93. The smallest absolute Gasteiger partial charge is 0.307 e. The lowest BCUT2D eigenvalue weighted by Crippen LogP contribution is -2.23. The molecule has 1 aromatic rings. The van der Waals surface area contributed by atoms with E-state index in [1.165, 1.54) is 7.11 Å². The zero-order valence-corrected chi connectivity index (χ0v) is 9.43. The van der Waals surface area contributed by atoms with E-state index in [1.807, 2.05) is 49.3 Å². The van der Waals surface area contributed by atoms with Gasteiger partial charge in [0.25, 0.3) is 0 Å². The summed E-state index contributed by atoms with van der Waals surface area (Å²) in [5.41, 5.74) is 1.13. The number of hydrogen-bond acceptors (Lipinski definition) is 3. The van der Waals surface area contributed by atoms with E-state index in [0.717, 1.165) is 5.56 Å². The van der Waals surface area contributed by atoms with Gasteiger partial charge in [-0.1, -0.05) is 30.3 Å². The highest BCUT2D eigenvalue weighted by atomic mass is 16.5. The molecule has 0 fully saturated rings. The number of nitrogens with zero attached hydrogens (tertiary/aromatic N) is 1. The first kappa shape index (κ1) is 11.7. The van der Waals surface area contributed by atoms with Crippen LogP contribution < -0.4 is 0 Å². The Morgan fingerprint density at radius 3 is 2.40 bits per heavy atom. The van der Waals surface area contributed by atoms with Crippen LogP contribution in [0.2, 0.25) is 0 Å². The Morgan fingerprint density at radius 2 is 1.93 bits per heavy atom. The molecule has 0 aliphatic carbocycles. The summed E-state index contributed by atoms with van der Waals surface area (Å²) >= 11 is 0. The van der Waals surface area contributed by atoms with Crippen LogP contribution in [-0.2, 0) is 9.53 Å². The molecular weight excluding hydrogens is 190 g/mol. The lowest BCUT2D eigenvalue weighted by molar-refractivity contribution is -0.141. The van der Waals surface area contributed by atoms with E-state index in [4.69, 9.17) is 0 Å². The highest BCUT2D eigenvalue weighted by Crippen LogP contribution is 2.21. The Hall–Kier alpha value is -1.35. The minimum atomic E-state index is -0.183. The van der Waals surface area contributed by atoms with E-state index in [1.54, 1.807) is 0 Å². The molecule has 0 amide bonds. The first-order valence-corrected chi connectivity index (χ1v) is 4.93. The van der Waals surface area contributed by atoms with E-state index in [-0.39, 0.29) is 12.0 Å². The Bertz CT molecular complexity index is 309. The summed E-state index contributed by atoms with van der Waals surface area (Å²) in [4.78, 5) is 13.3. The third-order valence-corrected chi connectivity index (χ3v) is 2.40. The minimum absolute atomic E-state index is 0.0821. The first-order chi connectivity index (χ1) is 7.15. The van der Waals surface area contributed by atoms with Crippen LogP contribution in [0.1, 0.15) is 18.0 Å². The van der Waals surface area contributed by atoms with E-state index in [0.29, 0.717) is 6.42 Å². The minimum Gasteiger partial charge on any atom is -0.469 e. The summed E-state index contributed by atoms with van der Waals surface area (Å²) in [6, 6.07) is 10.0. The number of ether oxygens (including phenoxy) is 1. The maximum atomic E-state index is 11.3. The van der Waals surface area contributed by atoms with Gasteiger partial charge in [-0.3, -0.25) is 4.79 Å². The lowest BCUT2D eigenvalue weighted by atomic mass is 10.0. The van der Waals surface area contributed by atoms with Crippen LogP contribution >= 0.6 is 0 Å². The molecule has 3 nitrogen and oxygen atoms in total. The fourth-order valence-corrected chi connectivity index (χ4v) is 1.51. The van der Waals surface area contributed by atoms with Crippen molar-refractivity contribution in [3.63, 3.8) is 0 Å². The summed E-state index contributed by atoms with van der Waals surface area (Å²) in [6.45, 7) is 0. The zero-order valence-electron chi connectivity index (χ0n) is 9.43. The van der Waals surface area contributed by atoms with Gasteiger partial charge < -0.3 is 9.64 Å². The average Bonchev–Trinajstić information content (AvgIpc) is 2.26. The molecule has 0 aliphatic rings. The van der Waals surface area contributed by atoms with Gasteiger partial charge in [-0.05, 0) is 19.7 Å². The van der Waals surface area contributed by atoms with E-state index in [9.17, 15) is 4.79 Å². The highest BCUT2D eigenvalue weighted by Gasteiger charge is 2.17. The molecule has 0 heterocycles. The van der Waals surface area contributed by atoms with Gasteiger partial charge in [-0.15, -0.1) is 0 Å². The van der Waals surface area contributed by atoms with Crippen LogP contribution in [-0.4, -0.2) is 32.1 Å². The quantitative estimate of drug-likeness (QED) is 0.706. The summed E-state index contributed by atoms with van der Waals surface area (Å²) in [6.07, 6.45) is 0.382. The Labute approximate surface area is 90.7 Å². The zero-order chi connectivity index (χ0) is 11.3. The van der Waals surface area contributed by atoms with E-state index >= 15 is 0 Å². The Morgan fingerprint density at radius 1 is 1.33 bits per heavy atom. The van der Waals surface area contributed by atoms with Crippen LogP contribution in [0.3, 0.4) is 0 Å². The fraction of sp³-hybridized carbons (Fsp3) is 0.417. The highest BCUT2D eigenvalue weighted by molar-refractivity contribution is 5.70. The van der Waals surface area contributed by atoms with Gasteiger partial charge in [-0.2, -0.15) is 0 Å². The van der Waals surface area contributed by atoms with Crippen molar-refractivity contribution in [1.82, 2.24) is 4.90 Å². The average molecular weight is 207 g/mol. The van der Waals surface area contributed by atoms with Gasteiger partial charge >= 0.3 is 5.97 Å². The number of carbonyl (C=O) groups excluding carboxylic acids is 1. The van der Waals surface area contributed by atoms with Crippen LogP contribution in [0, 0.1) is 0 Å². The maximum absolute atomic E-state index is 11.3. The number of carbonyl (C=O) groups is 1. The largest absolute Gasteiger partial charge is 0.469 e. The van der Waals surface area contributed by atoms with Gasteiger partial charge in [0.1, 0.15) is 0 Å². The second-order valence-electron chi connectivity index (χ2n) is 3.67. The molecule has 0 saturated carbocycles. The molecule has 0 N–H and O–H groups in total. The summed E-state index contributed by atoms with van der Waals surface area (Å²) in [5, 5.41) is 0. The van der Waals surface area contributed by atoms with Crippen molar-refractivity contribution in [2.24, 2.45) is 0 Å². The number of benzene rings is 1. The third-order valence-electron chi connectivity index (χ3n) is 2.40. The van der Waals surface area contributed by atoms with Gasteiger partial charge in [0.2, 0.25) is 0 Å². The predicted octanol–water partition coefficient (Wildman–Crippen LogP) is 1.85. The van der Waals surface area contributed by atoms with Crippen LogP contribution in [0.15, 0.2) is 30.3 Å². The molecule has 0 aromatic heterocycles. The Kier molecular flexibility index (Phi) is 4.31. The molecule has 0 unspecified atom stereocenters.